The predicted molar refractivity (Wildman–Crippen MR) is 46.8 cm³/mol. The highest BCUT2D eigenvalue weighted by Crippen LogP contribution is 2.40. The number of nitrogens with zero attached hydrogens (tertiary/aromatic N) is 1. The lowest BCUT2D eigenvalue weighted by atomic mass is 10.2. The topological polar surface area (TPSA) is 46.3 Å². The SMILES string of the molecule is NC(=O)/C=C/CN1CC(F)(F)C(F)(F)C1.[HH]. The third kappa shape index (κ3) is 2.68. The molecule has 0 aromatic rings. The first-order valence-electron chi connectivity index (χ1n) is 4.18. The summed E-state index contributed by atoms with van der Waals surface area (Å²) >= 11 is 0. The van der Waals surface area contributed by atoms with Gasteiger partial charge in [0.2, 0.25) is 5.91 Å². The predicted octanol–water partition coefficient (Wildman–Crippen LogP) is 0.860. The molecule has 15 heavy (non-hydrogen) atoms. The molecule has 0 aromatic carbocycles. The largest absolute Gasteiger partial charge is 0.366 e. The molecule has 3 nitrogen and oxygen atoms in total. The van der Waals surface area contributed by atoms with Gasteiger partial charge in [0.15, 0.2) is 0 Å². The minimum atomic E-state index is -4.01. The van der Waals surface area contributed by atoms with Crippen LogP contribution in [0.3, 0.4) is 0 Å². The van der Waals surface area contributed by atoms with Crippen molar-refractivity contribution in [3.8, 4) is 0 Å². The molecule has 0 spiro atoms. The van der Waals surface area contributed by atoms with Crippen molar-refractivity contribution in [2.24, 2.45) is 5.73 Å². The Morgan fingerprint density at radius 1 is 1.33 bits per heavy atom. The van der Waals surface area contributed by atoms with Crippen LogP contribution in [0.4, 0.5) is 17.6 Å². The summed E-state index contributed by atoms with van der Waals surface area (Å²) in [6, 6.07) is 0. The second-order valence-electron chi connectivity index (χ2n) is 3.38. The number of carbonyl (C=O) groups excluding carboxylic acids is 1. The van der Waals surface area contributed by atoms with Crippen molar-refractivity contribution in [1.29, 1.82) is 0 Å². The Morgan fingerprint density at radius 3 is 2.20 bits per heavy atom. The number of halogens is 4. The van der Waals surface area contributed by atoms with Crippen LogP contribution in [-0.4, -0.2) is 42.3 Å². The fraction of sp³-hybridized carbons (Fsp3) is 0.625. The van der Waals surface area contributed by atoms with Gasteiger partial charge in [-0.15, -0.1) is 0 Å². The second kappa shape index (κ2) is 3.80. The van der Waals surface area contributed by atoms with E-state index in [1.807, 2.05) is 0 Å². The number of hydrogen-bond acceptors (Lipinski definition) is 2. The van der Waals surface area contributed by atoms with Crippen molar-refractivity contribution >= 4 is 5.91 Å². The maximum absolute atomic E-state index is 12.7. The second-order valence-corrected chi connectivity index (χ2v) is 3.38. The average molecular weight is 228 g/mol. The van der Waals surface area contributed by atoms with Gasteiger partial charge in [-0.1, -0.05) is 6.08 Å². The van der Waals surface area contributed by atoms with E-state index in [1.165, 1.54) is 6.08 Å². The van der Waals surface area contributed by atoms with Gasteiger partial charge >= 0.3 is 11.8 Å². The van der Waals surface area contributed by atoms with Crippen LogP contribution in [0, 0.1) is 0 Å². The summed E-state index contributed by atoms with van der Waals surface area (Å²) in [6.07, 6.45) is 2.13. The molecule has 0 saturated carbocycles. The van der Waals surface area contributed by atoms with E-state index in [-0.39, 0.29) is 7.97 Å². The maximum atomic E-state index is 12.7. The van der Waals surface area contributed by atoms with Crippen LogP contribution >= 0.6 is 0 Å². The van der Waals surface area contributed by atoms with Crippen LogP contribution in [-0.2, 0) is 4.79 Å². The van der Waals surface area contributed by atoms with Crippen LogP contribution in [0.1, 0.15) is 1.43 Å². The van der Waals surface area contributed by atoms with Crippen LogP contribution in [0.2, 0.25) is 0 Å². The lowest BCUT2D eigenvalue weighted by molar-refractivity contribution is -0.172. The number of carbonyl (C=O) groups is 1. The Hall–Kier alpha value is -1.11. The first kappa shape index (κ1) is 12.0. The highest BCUT2D eigenvalue weighted by molar-refractivity contribution is 5.85. The fourth-order valence-corrected chi connectivity index (χ4v) is 1.30. The number of alkyl halides is 4. The molecule has 7 heteroatoms. The summed E-state index contributed by atoms with van der Waals surface area (Å²) in [4.78, 5) is 11.1. The highest BCUT2D eigenvalue weighted by atomic mass is 19.3. The van der Waals surface area contributed by atoms with Gasteiger partial charge in [0, 0.05) is 7.97 Å². The third-order valence-corrected chi connectivity index (χ3v) is 2.03. The number of hydrogen-bond donors (Lipinski definition) is 1. The maximum Gasteiger partial charge on any atom is 0.323 e. The van der Waals surface area contributed by atoms with E-state index in [0.29, 0.717) is 0 Å². The summed E-state index contributed by atoms with van der Waals surface area (Å²) in [5.74, 6) is -8.76. The van der Waals surface area contributed by atoms with Crippen molar-refractivity contribution < 1.29 is 23.8 Å². The molecule has 0 bridgehead atoms. The monoisotopic (exact) mass is 228 g/mol. The summed E-state index contributed by atoms with van der Waals surface area (Å²) < 4.78 is 50.6. The standard InChI is InChI=1S/C8H10F4N2O.H2/c9-7(10)4-14(5-8(7,11)12)3-1-2-6(13)15;/h1-2H,3-5H2,(H2,13,15);1H/b2-1+;. The highest BCUT2D eigenvalue weighted by Gasteiger charge is 2.62. The van der Waals surface area contributed by atoms with Gasteiger partial charge in [0.1, 0.15) is 0 Å². The zero-order valence-electron chi connectivity index (χ0n) is 7.72. The molecule has 1 saturated heterocycles. The molecule has 0 aliphatic carbocycles. The van der Waals surface area contributed by atoms with Gasteiger partial charge in [0.25, 0.3) is 0 Å². The first-order chi connectivity index (χ1) is 6.74. The fourth-order valence-electron chi connectivity index (χ4n) is 1.30. The Kier molecular flexibility index (Phi) is 3.03. The van der Waals surface area contributed by atoms with Crippen LogP contribution in [0.5, 0.6) is 0 Å². The van der Waals surface area contributed by atoms with Crippen LogP contribution in [0.15, 0.2) is 12.2 Å². The third-order valence-electron chi connectivity index (χ3n) is 2.03. The Labute approximate surface area is 85.0 Å². The van der Waals surface area contributed by atoms with Gasteiger partial charge < -0.3 is 5.73 Å². The van der Waals surface area contributed by atoms with E-state index >= 15 is 0 Å². The summed E-state index contributed by atoms with van der Waals surface area (Å²) in [5.41, 5.74) is 4.74. The number of primary amides is 1. The molecule has 1 aliphatic rings. The number of rotatable bonds is 3. The van der Waals surface area contributed by atoms with Gasteiger partial charge in [0.05, 0.1) is 13.1 Å². The normalized spacial score (nSPS) is 24.8. The van der Waals surface area contributed by atoms with Crippen molar-refractivity contribution in [3.63, 3.8) is 0 Å². The van der Waals surface area contributed by atoms with Crippen LogP contribution in [0.25, 0.3) is 0 Å². The molecular formula is C8H12F4N2O. The molecule has 1 fully saturated rings. The average Bonchev–Trinajstić information content (AvgIpc) is 2.19. The number of amides is 1. The Bertz CT molecular complexity index is 280. The molecule has 88 valence electrons. The van der Waals surface area contributed by atoms with E-state index in [0.717, 1.165) is 11.0 Å². The van der Waals surface area contributed by atoms with Crippen LogP contribution < -0.4 is 5.73 Å². The van der Waals surface area contributed by atoms with E-state index < -0.39 is 30.8 Å². The minimum Gasteiger partial charge on any atom is -0.366 e. The molecule has 1 heterocycles. The van der Waals surface area contributed by atoms with Crippen molar-refractivity contribution in [1.82, 2.24) is 4.90 Å². The number of nitrogens with two attached hydrogens (primary N) is 1. The van der Waals surface area contributed by atoms with Crippen molar-refractivity contribution in [2.45, 2.75) is 11.8 Å². The summed E-state index contributed by atoms with van der Waals surface area (Å²) in [5, 5.41) is 0. The lowest BCUT2D eigenvalue weighted by Crippen LogP contribution is -2.38. The van der Waals surface area contributed by atoms with Crippen molar-refractivity contribution in [3.05, 3.63) is 12.2 Å². The molecule has 0 aromatic heterocycles. The zero-order chi connectivity index (χ0) is 11.7. The van der Waals surface area contributed by atoms with Gasteiger partial charge in [-0.3, -0.25) is 9.69 Å². The number of likely N-dealkylation sites (tertiary alicyclic amines) is 1. The smallest absolute Gasteiger partial charge is 0.323 e. The minimum absolute atomic E-state index is 0. The van der Waals surface area contributed by atoms with E-state index in [9.17, 15) is 22.4 Å². The zero-order valence-corrected chi connectivity index (χ0v) is 7.72. The van der Waals surface area contributed by atoms with Gasteiger partial charge in [-0.05, 0) is 6.08 Å². The molecule has 1 amide bonds. The molecule has 0 radical (unpaired) electrons. The van der Waals surface area contributed by atoms with E-state index in [2.05, 4.69) is 0 Å². The Balaban J connectivity index is 0.00000225. The summed E-state index contributed by atoms with van der Waals surface area (Å²) in [7, 11) is 0. The molecule has 2 N–H and O–H groups in total. The molecular weight excluding hydrogens is 216 g/mol. The van der Waals surface area contributed by atoms with Gasteiger partial charge in [-0.25, -0.2) is 0 Å². The van der Waals surface area contributed by atoms with E-state index in [4.69, 9.17) is 5.73 Å². The van der Waals surface area contributed by atoms with Crippen molar-refractivity contribution in [2.75, 3.05) is 19.6 Å². The first-order valence-corrected chi connectivity index (χ1v) is 4.18. The quantitative estimate of drug-likeness (QED) is 0.575. The summed E-state index contributed by atoms with van der Waals surface area (Å²) in [6.45, 7) is -2.17. The van der Waals surface area contributed by atoms with E-state index in [1.54, 1.807) is 0 Å². The molecule has 1 aliphatic heterocycles. The lowest BCUT2D eigenvalue weighted by Gasteiger charge is -2.15. The Morgan fingerprint density at radius 2 is 1.80 bits per heavy atom. The molecule has 0 unspecified atom stereocenters. The molecule has 0 atom stereocenters. The molecule has 1 rings (SSSR count). The van der Waals surface area contributed by atoms with Gasteiger partial charge in [-0.2, -0.15) is 17.6 Å².